The zero-order valence-corrected chi connectivity index (χ0v) is 18.2. The molecular weight excluding hydrogens is 439 g/mol. The summed E-state index contributed by atoms with van der Waals surface area (Å²) >= 11 is 12.2. The van der Waals surface area contributed by atoms with E-state index in [2.05, 4.69) is 0 Å². The molecular formula is C24H18Cl2O5. The Hall–Kier alpha value is -3.28. The third-order valence-electron chi connectivity index (χ3n) is 4.38. The van der Waals surface area contributed by atoms with Crippen molar-refractivity contribution in [3.05, 3.63) is 93.5 Å². The average Bonchev–Trinajstić information content (AvgIpc) is 2.78. The van der Waals surface area contributed by atoms with Gasteiger partial charge in [-0.2, -0.15) is 0 Å². The number of carbonyl (C=O) groups excluding carboxylic acids is 2. The summed E-state index contributed by atoms with van der Waals surface area (Å²) in [7, 11) is 2.91. The van der Waals surface area contributed by atoms with E-state index in [-0.39, 0.29) is 17.1 Å². The first-order chi connectivity index (χ1) is 14.9. The summed E-state index contributed by atoms with van der Waals surface area (Å²) in [5.74, 6) is 0.0496. The number of methoxy groups -OCH3 is 2. The second kappa shape index (κ2) is 10.2. The SMILES string of the molecule is COc1cccc(OC)c1C(=O)Oc1ccc(C(=O)C=Cc2c(Cl)cccc2Cl)cc1. The molecule has 0 unspecified atom stereocenters. The number of benzene rings is 3. The van der Waals surface area contributed by atoms with Crippen molar-refractivity contribution in [3.63, 3.8) is 0 Å². The van der Waals surface area contributed by atoms with Crippen LogP contribution < -0.4 is 14.2 Å². The zero-order valence-electron chi connectivity index (χ0n) is 16.7. The maximum absolute atomic E-state index is 12.6. The Bertz CT molecular complexity index is 1090. The maximum Gasteiger partial charge on any atom is 0.351 e. The largest absolute Gasteiger partial charge is 0.496 e. The lowest BCUT2D eigenvalue weighted by Gasteiger charge is -2.12. The van der Waals surface area contributed by atoms with Crippen molar-refractivity contribution >= 4 is 41.0 Å². The summed E-state index contributed by atoms with van der Waals surface area (Å²) in [5, 5.41) is 0.899. The fraction of sp³-hybridized carbons (Fsp3) is 0.0833. The van der Waals surface area contributed by atoms with Gasteiger partial charge in [0.15, 0.2) is 5.78 Å². The van der Waals surface area contributed by atoms with Crippen molar-refractivity contribution in [2.75, 3.05) is 14.2 Å². The Morgan fingerprint density at radius 2 is 1.35 bits per heavy atom. The van der Waals surface area contributed by atoms with Crippen molar-refractivity contribution in [2.24, 2.45) is 0 Å². The number of carbonyl (C=O) groups is 2. The van der Waals surface area contributed by atoms with Crippen LogP contribution in [-0.4, -0.2) is 26.0 Å². The van der Waals surface area contributed by atoms with Crippen LogP contribution in [0.3, 0.4) is 0 Å². The molecule has 3 aromatic carbocycles. The van der Waals surface area contributed by atoms with Gasteiger partial charge in [-0.05, 0) is 60.7 Å². The summed E-state index contributed by atoms with van der Waals surface area (Å²) in [6.07, 6.45) is 2.95. The molecule has 0 fully saturated rings. The van der Waals surface area contributed by atoms with Gasteiger partial charge < -0.3 is 14.2 Å². The Kier molecular flexibility index (Phi) is 7.34. The lowest BCUT2D eigenvalue weighted by molar-refractivity contribution is 0.0727. The van der Waals surface area contributed by atoms with Crippen molar-refractivity contribution in [2.45, 2.75) is 0 Å². The summed E-state index contributed by atoms with van der Waals surface area (Å²) in [5.41, 5.74) is 1.15. The van der Waals surface area contributed by atoms with Crippen LogP contribution >= 0.6 is 23.2 Å². The van der Waals surface area contributed by atoms with Crippen molar-refractivity contribution in [1.82, 2.24) is 0 Å². The van der Waals surface area contributed by atoms with Gasteiger partial charge in [0, 0.05) is 21.2 Å². The van der Waals surface area contributed by atoms with Crippen LogP contribution in [0.1, 0.15) is 26.3 Å². The van der Waals surface area contributed by atoms with Gasteiger partial charge in [-0.15, -0.1) is 0 Å². The van der Waals surface area contributed by atoms with Gasteiger partial charge in [0.05, 0.1) is 14.2 Å². The summed E-state index contributed by atoms with van der Waals surface area (Å²) < 4.78 is 15.9. The summed E-state index contributed by atoms with van der Waals surface area (Å²) in [4.78, 5) is 25.1. The molecule has 0 aliphatic rings. The molecule has 0 saturated carbocycles. The minimum absolute atomic E-state index is 0.173. The number of allylic oxidation sites excluding steroid dienone is 1. The first kappa shape index (κ1) is 22.4. The number of ketones is 1. The highest BCUT2D eigenvalue weighted by Crippen LogP contribution is 2.30. The summed E-state index contributed by atoms with van der Waals surface area (Å²) in [6.45, 7) is 0. The van der Waals surface area contributed by atoms with E-state index in [0.717, 1.165) is 0 Å². The van der Waals surface area contributed by atoms with Gasteiger partial charge in [-0.25, -0.2) is 4.79 Å². The van der Waals surface area contributed by atoms with E-state index >= 15 is 0 Å². The molecule has 0 saturated heterocycles. The molecule has 0 radical (unpaired) electrons. The zero-order chi connectivity index (χ0) is 22.4. The molecule has 0 aromatic heterocycles. The number of ether oxygens (including phenoxy) is 3. The first-order valence-corrected chi connectivity index (χ1v) is 9.90. The number of rotatable bonds is 7. The number of hydrogen-bond acceptors (Lipinski definition) is 5. The quantitative estimate of drug-likeness (QED) is 0.185. The Balaban J connectivity index is 1.74. The molecule has 0 spiro atoms. The van der Waals surface area contributed by atoms with Crippen LogP contribution in [0, 0.1) is 0 Å². The standard InChI is InChI=1S/C24H18Cl2O5/c1-29-21-7-4-8-22(30-2)23(21)24(28)31-16-11-9-15(10-12-16)20(27)14-13-17-18(25)5-3-6-19(17)26/h3-14H,1-2H3. The van der Waals surface area contributed by atoms with Crippen molar-refractivity contribution in [1.29, 1.82) is 0 Å². The van der Waals surface area contributed by atoms with E-state index in [1.54, 1.807) is 54.6 Å². The molecule has 0 N–H and O–H groups in total. The van der Waals surface area contributed by atoms with Crippen LogP contribution in [0.4, 0.5) is 0 Å². The summed E-state index contributed by atoms with van der Waals surface area (Å²) in [6, 6.07) is 16.3. The molecule has 0 aliphatic heterocycles. The van der Waals surface area contributed by atoms with E-state index < -0.39 is 5.97 Å². The van der Waals surface area contributed by atoms with Gasteiger partial charge in [-0.1, -0.05) is 35.3 Å². The predicted octanol–water partition coefficient (Wildman–Crippen LogP) is 6.13. The normalized spacial score (nSPS) is 10.7. The van der Waals surface area contributed by atoms with Gasteiger partial charge in [0.25, 0.3) is 0 Å². The monoisotopic (exact) mass is 456 g/mol. The smallest absolute Gasteiger partial charge is 0.351 e. The molecule has 5 nitrogen and oxygen atoms in total. The number of hydrogen-bond donors (Lipinski definition) is 0. The van der Waals surface area contributed by atoms with Crippen LogP contribution in [0.15, 0.2) is 66.7 Å². The van der Waals surface area contributed by atoms with Crippen LogP contribution in [0.2, 0.25) is 10.0 Å². The topological polar surface area (TPSA) is 61.8 Å². The van der Waals surface area contributed by atoms with Gasteiger partial charge in [-0.3, -0.25) is 4.79 Å². The molecule has 0 atom stereocenters. The molecule has 31 heavy (non-hydrogen) atoms. The second-order valence-electron chi connectivity index (χ2n) is 6.28. The lowest BCUT2D eigenvalue weighted by atomic mass is 10.1. The average molecular weight is 457 g/mol. The van der Waals surface area contributed by atoms with Gasteiger partial charge in [0.1, 0.15) is 22.8 Å². The van der Waals surface area contributed by atoms with E-state index in [0.29, 0.717) is 32.7 Å². The number of halogens is 2. The fourth-order valence-electron chi connectivity index (χ4n) is 2.82. The minimum Gasteiger partial charge on any atom is -0.496 e. The molecule has 0 bridgehead atoms. The maximum atomic E-state index is 12.6. The van der Waals surface area contributed by atoms with Crippen molar-refractivity contribution in [3.8, 4) is 17.2 Å². The Labute approximate surface area is 189 Å². The van der Waals surface area contributed by atoms with Crippen LogP contribution in [-0.2, 0) is 0 Å². The Morgan fingerprint density at radius 3 is 1.90 bits per heavy atom. The van der Waals surface area contributed by atoms with E-state index in [1.165, 1.54) is 32.4 Å². The third kappa shape index (κ3) is 5.26. The molecule has 3 aromatic rings. The lowest BCUT2D eigenvalue weighted by Crippen LogP contribution is -2.12. The molecule has 0 heterocycles. The van der Waals surface area contributed by atoms with Crippen LogP contribution in [0.5, 0.6) is 17.2 Å². The fourth-order valence-corrected chi connectivity index (χ4v) is 3.35. The molecule has 0 amide bonds. The molecule has 0 aliphatic carbocycles. The van der Waals surface area contributed by atoms with Gasteiger partial charge >= 0.3 is 5.97 Å². The highest BCUT2D eigenvalue weighted by molar-refractivity contribution is 6.37. The molecule has 3 rings (SSSR count). The van der Waals surface area contributed by atoms with E-state index in [4.69, 9.17) is 37.4 Å². The van der Waals surface area contributed by atoms with Crippen molar-refractivity contribution < 1.29 is 23.8 Å². The third-order valence-corrected chi connectivity index (χ3v) is 5.04. The van der Waals surface area contributed by atoms with E-state index in [9.17, 15) is 9.59 Å². The highest BCUT2D eigenvalue weighted by atomic mass is 35.5. The van der Waals surface area contributed by atoms with Crippen LogP contribution in [0.25, 0.3) is 6.08 Å². The highest BCUT2D eigenvalue weighted by Gasteiger charge is 2.20. The number of esters is 1. The van der Waals surface area contributed by atoms with E-state index in [1.807, 2.05) is 0 Å². The predicted molar refractivity (Wildman–Crippen MR) is 121 cm³/mol. The first-order valence-electron chi connectivity index (χ1n) is 9.14. The second-order valence-corrected chi connectivity index (χ2v) is 7.10. The Morgan fingerprint density at radius 1 is 0.806 bits per heavy atom. The molecule has 158 valence electrons. The molecule has 7 heteroatoms. The minimum atomic E-state index is -0.637. The van der Waals surface area contributed by atoms with Gasteiger partial charge in [0.2, 0.25) is 0 Å².